The van der Waals surface area contributed by atoms with E-state index in [2.05, 4.69) is 16.4 Å². The van der Waals surface area contributed by atoms with Gasteiger partial charge >= 0.3 is 22.4 Å². The van der Waals surface area contributed by atoms with Crippen LogP contribution in [0.4, 0.5) is 0 Å². The summed E-state index contributed by atoms with van der Waals surface area (Å²) in [6.07, 6.45) is 4.26. The summed E-state index contributed by atoms with van der Waals surface area (Å²) in [5.41, 5.74) is 0. The number of hydrogen-bond donors (Lipinski definition) is 1. The van der Waals surface area contributed by atoms with E-state index >= 15 is 0 Å². The van der Waals surface area contributed by atoms with E-state index in [4.69, 9.17) is 0 Å². The molecule has 0 aliphatic carbocycles. The third kappa shape index (κ3) is 1.40. The van der Waals surface area contributed by atoms with Crippen LogP contribution in [-0.4, -0.2) is 10.2 Å². The summed E-state index contributed by atoms with van der Waals surface area (Å²) in [4.78, 5) is 0. The molecule has 0 aliphatic heterocycles. The molecule has 2 nitrogen and oxygen atoms in total. The fraction of sp³-hybridized carbons (Fsp3) is 0. The molecule has 0 amide bonds. The van der Waals surface area contributed by atoms with E-state index in [9.17, 15) is 0 Å². The van der Waals surface area contributed by atoms with Crippen molar-refractivity contribution in [1.82, 2.24) is 10.2 Å². The molecule has 1 heterocycles. The van der Waals surface area contributed by atoms with Crippen LogP contribution >= 0.6 is 0 Å². The van der Waals surface area contributed by atoms with Crippen molar-refractivity contribution in [1.29, 1.82) is 0 Å². The van der Waals surface area contributed by atoms with Crippen LogP contribution in [0.5, 0.6) is 0 Å². The Labute approximate surface area is 51.5 Å². The van der Waals surface area contributed by atoms with Gasteiger partial charge in [0.1, 0.15) is 0 Å². The van der Waals surface area contributed by atoms with E-state index in [0.717, 1.165) is 0 Å². The normalized spacial score (nSPS) is 6.67. The van der Waals surface area contributed by atoms with Crippen molar-refractivity contribution in [2.75, 3.05) is 0 Å². The van der Waals surface area contributed by atoms with Crippen LogP contribution in [-0.2, 0) is 22.4 Å². The van der Waals surface area contributed by atoms with Gasteiger partial charge in [0, 0.05) is 0 Å². The first-order valence-corrected chi connectivity index (χ1v) is 1.36. The fourth-order valence-electron chi connectivity index (χ4n) is 0.186. The van der Waals surface area contributed by atoms with Gasteiger partial charge in [0.25, 0.3) is 0 Å². The predicted molar refractivity (Wildman–Crippen MR) is 17.4 cm³/mol. The number of nitrogens with zero attached hydrogens (tertiary/aromatic N) is 1. The second kappa shape index (κ2) is 3.15. The Morgan fingerprint density at radius 1 is 1.67 bits per heavy atom. The maximum atomic E-state index is 3.47. The molecular weight excluding hydrogens is 172 g/mol. The molecular formula is C3H3AgN2. The largest absolute Gasteiger partial charge is 1.00 e. The molecule has 1 aromatic rings. The van der Waals surface area contributed by atoms with Crippen molar-refractivity contribution in [3.63, 3.8) is 0 Å². The summed E-state index contributed by atoms with van der Waals surface area (Å²) in [7, 11) is 0. The summed E-state index contributed by atoms with van der Waals surface area (Å²) < 4.78 is 0. The standard InChI is InChI=1S/C3H3N2.Ag/c1-2-4-5-3-1;/h1-2H,(H,4,5);/q-1;+1. The number of aromatic nitrogens is 2. The third-order valence-electron chi connectivity index (χ3n) is 0.362. The van der Waals surface area contributed by atoms with Crippen LogP contribution in [0.2, 0.25) is 0 Å². The quantitative estimate of drug-likeness (QED) is 0.443. The minimum Gasteiger partial charge on any atom is -0.382 e. The molecule has 0 saturated heterocycles. The third-order valence-corrected chi connectivity index (χ3v) is 0.362. The molecule has 0 spiro atoms. The molecule has 0 aromatic carbocycles. The molecule has 0 aliphatic rings. The van der Waals surface area contributed by atoms with Gasteiger partial charge in [-0.2, -0.15) is 6.07 Å². The summed E-state index contributed by atoms with van der Waals surface area (Å²) in [6.45, 7) is 0. The number of H-pyrrole nitrogens is 1. The fourth-order valence-corrected chi connectivity index (χ4v) is 0.186. The van der Waals surface area contributed by atoms with Gasteiger partial charge in [-0.25, -0.2) is 0 Å². The molecule has 0 fully saturated rings. The molecule has 0 unspecified atom stereocenters. The zero-order chi connectivity index (χ0) is 3.54. The Hall–Kier alpha value is -0.0497. The van der Waals surface area contributed by atoms with Crippen LogP contribution < -0.4 is 0 Å². The average Bonchev–Trinajstić information content (AvgIpc) is 1.76. The summed E-state index contributed by atoms with van der Waals surface area (Å²) in [5, 5.41) is 6.03. The monoisotopic (exact) mass is 174 g/mol. The molecule has 3 heteroatoms. The van der Waals surface area contributed by atoms with Gasteiger partial charge in [0.05, 0.1) is 0 Å². The van der Waals surface area contributed by atoms with Crippen molar-refractivity contribution in [3.8, 4) is 0 Å². The zero-order valence-corrected chi connectivity index (χ0v) is 4.39. The van der Waals surface area contributed by atoms with Crippen molar-refractivity contribution >= 4 is 0 Å². The molecule has 0 saturated carbocycles. The smallest absolute Gasteiger partial charge is 0.382 e. The van der Waals surface area contributed by atoms with Gasteiger partial charge in [0.15, 0.2) is 0 Å². The van der Waals surface area contributed by atoms with Crippen LogP contribution in [0.15, 0.2) is 12.3 Å². The van der Waals surface area contributed by atoms with E-state index in [1.807, 2.05) is 0 Å². The molecule has 36 valence electrons. The van der Waals surface area contributed by atoms with Crippen LogP contribution in [0.1, 0.15) is 0 Å². The van der Waals surface area contributed by atoms with Crippen LogP contribution in [0.3, 0.4) is 0 Å². The Balaban J connectivity index is 0.000000250. The van der Waals surface area contributed by atoms with Crippen molar-refractivity contribution in [2.45, 2.75) is 0 Å². The zero-order valence-electron chi connectivity index (χ0n) is 2.90. The van der Waals surface area contributed by atoms with Gasteiger partial charge < -0.3 is 10.2 Å². The first kappa shape index (κ1) is 5.95. The van der Waals surface area contributed by atoms with E-state index in [1.54, 1.807) is 12.3 Å². The SMILES string of the molecule is [Ag+].[c-]1cc[nH]n1. The second-order valence-corrected chi connectivity index (χ2v) is 0.703. The molecule has 0 bridgehead atoms. The topological polar surface area (TPSA) is 28.7 Å². The maximum Gasteiger partial charge on any atom is 1.00 e. The molecule has 0 atom stereocenters. The number of aromatic amines is 1. The van der Waals surface area contributed by atoms with E-state index in [-0.39, 0.29) is 22.4 Å². The number of rotatable bonds is 0. The van der Waals surface area contributed by atoms with Gasteiger partial charge in [-0.15, -0.1) is 12.4 Å². The molecule has 0 radical (unpaired) electrons. The van der Waals surface area contributed by atoms with Crippen LogP contribution in [0.25, 0.3) is 0 Å². The van der Waals surface area contributed by atoms with Crippen LogP contribution in [0, 0.1) is 6.20 Å². The van der Waals surface area contributed by atoms with Gasteiger partial charge in [-0.05, 0) is 0 Å². The molecule has 1 N–H and O–H groups in total. The second-order valence-electron chi connectivity index (χ2n) is 0.703. The predicted octanol–water partition coefficient (Wildman–Crippen LogP) is 0.207. The Kier molecular flexibility index (Phi) is 3.13. The van der Waals surface area contributed by atoms with Crippen molar-refractivity contribution in [2.24, 2.45) is 0 Å². The number of hydrogen-bond acceptors (Lipinski definition) is 1. The molecule has 6 heavy (non-hydrogen) atoms. The Morgan fingerprint density at radius 3 is 2.67 bits per heavy atom. The van der Waals surface area contributed by atoms with Gasteiger partial charge in [-0.1, -0.05) is 0 Å². The summed E-state index contributed by atoms with van der Waals surface area (Å²) in [6, 6.07) is 1.71. The average molecular weight is 175 g/mol. The molecule has 1 aromatic heterocycles. The first-order chi connectivity index (χ1) is 2.50. The van der Waals surface area contributed by atoms with E-state index < -0.39 is 0 Å². The van der Waals surface area contributed by atoms with E-state index in [0.29, 0.717) is 0 Å². The number of nitrogens with one attached hydrogen (secondary N) is 1. The minimum absolute atomic E-state index is 0. The Bertz CT molecular complexity index is 65.3. The summed E-state index contributed by atoms with van der Waals surface area (Å²) >= 11 is 0. The maximum absolute atomic E-state index is 3.47. The van der Waals surface area contributed by atoms with E-state index in [1.165, 1.54) is 0 Å². The first-order valence-electron chi connectivity index (χ1n) is 1.36. The van der Waals surface area contributed by atoms with Gasteiger partial charge in [0.2, 0.25) is 0 Å². The molecule has 1 rings (SSSR count). The van der Waals surface area contributed by atoms with Crippen molar-refractivity contribution < 1.29 is 22.4 Å². The van der Waals surface area contributed by atoms with Gasteiger partial charge in [-0.3, -0.25) is 0 Å². The Morgan fingerprint density at radius 2 is 2.50 bits per heavy atom. The summed E-state index contributed by atoms with van der Waals surface area (Å²) in [5.74, 6) is 0. The minimum atomic E-state index is 0. The van der Waals surface area contributed by atoms with Crippen molar-refractivity contribution in [3.05, 3.63) is 18.5 Å².